The maximum Gasteiger partial charge on any atom is 0.413 e. The highest BCUT2D eigenvalue weighted by Gasteiger charge is 2.42. The maximum atomic E-state index is 12.0. The first-order valence-corrected chi connectivity index (χ1v) is 5.97. The molecular weight excluding hydrogens is 238 g/mol. The Balaban J connectivity index is 2.78. The molecule has 18 heavy (non-hydrogen) atoms. The van der Waals surface area contributed by atoms with E-state index in [4.69, 9.17) is 14.2 Å². The summed E-state index contributed by atoms with van der Waals surface area (Å²) in [6.07, 6.45) is 0.384. The van der Waals surface area contributed by atoms with E-state index in [0.29, 0.717) is 32.5 Å². The van der Waals surface area contributed by atoms with Gasteiger partial charge in [0.05, 0.1) is 13.2 Å². The number of hydrogen-bond donors (Lipinski definition) is 0. The lowest BCUT2D eigenvalue weighted by Crippen LogP contribution is -2.55. The number of carbonyl (C=O) groups is 2. The average Bonchev–Trinajstić information content (AvgIpc) is 2.27. The molecule has 0 aromatic heterocycles. The van der Waals surface area contributed by atoms with Gasteiger partial charge in [-0.05, 0) is 20.8 Å². The summed E-state index contributed by atoms with van der Waals surface area (Å²) in [6.45, 7) is 6.62. The predicted octanol–water partition coefficient (Wildman–Crippen LogP) is 1.53. The molecule has 6 nitrogen and oxygen atoms in total. The third-order valence-electron chi connectivity index (χ3n) is 2.82. The van der Waals surface area contributed by atoms with E-state index < -0.39 is 17.4 Å². The van der Waals surface area contributed by atoms with Gasteiger partial charge in [0.15, 0.2) is 5.72 Å². The maximum absolute atomic E-state index is 12.0. The Kier molecular flexibility index (Phi) is 4.56. The van der Waals surface area contributed by atoms with Gasteiger partial charge in [0, 0.05) is 19.9 Å². The lowest BCUT2D eigenvalue weighted by Gasteiger charge is -2.42. The van der Waals surface area contributed by atoms with Gasteiger partial charge in [-0.25, -0.2) is 4.79 Å². The van der Waals surface area contributed by atoms with Crippen molar-refractivity contribution in [2.24, 2.45) is 0 Å². The number of amides is 1. The molecule has 1 heterocycles. The van der Waals surface area contributed by atoms with Crippen molar-refractivity contribution >= 4 is 12.6 Å². The highest BCUT2D eigenvalue weighted by molar-refractivity contribution is 5.68. The highest BCUT2D eigenvalue weighted by Crippen LogP contribution is 2.29. The summed E-state index contributed by atoms with van der Waals surface area (Å²) in [4.78, 5) is 24.0. The Morgan fingerprint density at radius 2 is 1.89 bits per heavy atom. The van der Waals surface area contributed by atoms with Gasteiger partial charge in [-0.15, -0.1) is 0 Å². The minimum absolute atomic E-state index is 0.367. The van der Waals surface area contributed by atoms with Crippen LogP contribution >= 0.6 is 0 Å². The summed E-state index contributed by atoms with van der Waals surface area (Å²) in [7, 11) is 1.57. The molecule has 0 N–H and O–H groups in total. The van der Waals surface area contributed by atoms with E-state index in [1.807, 2.05) is 0 Å². The number of hydrogen-bond acceptors (Lipinski definition) is 5. The molecule has 0 saturated carbocycles. The molecule has 0 unspecified atom stereocenters. The van der Waals surface area contributed by atoms with Gasteiger partial charge in [0.25, 0.3) is 6.47 Å². The highest BCUT2D eigenvalue weighted by atomic mass is 16.6. The summed E-state index contributed by atoms with van der Waals surface area (Å²) in [5, 5.41) is 0. The molecule has 6 heteroatoms. The van der Waals surface area contributed by atoms with Crippen LogP contribution in [0.4, 0.5) is 4.79 Å². The summed E-state index contributed by atoms with van der Waals surface area (Å²) in [5.41, 5.74) is -1.54. The fraction of sp³-hybridized carbons (Fsp3) is 0.833. The molecule has 0 aliphatic carbocycles. The largest absolute Gasteiger partial charge is 0.444 e. The van der Waals surface area contributed by atoms with Gasteiger partial charge in [-0.3, -0.25) is 9.69 Å². The molecular formula is C12H21NO5. The van der Waals surface area contributed by atoms with Crippen LogP contribution in [0, 0.1) is 0 Å². The second-order valence-electron chi connectivity index (χ2n) is 5.31. The van der Waals surface area contributed by atoms with Gasteiger partial charge >= 0.3 is 6.09 Å². The number of carbonyl (C=O) groups excluding carboxylic acids is 2. The Labute approximate surface area is 107 Å². The van der Waals surface area contributed by atoms with Crippen LogP contribution in [0.1, 0.15) is 33.6 Å². The second-order valence-corrected chi connectivity index (χ2v) is 5.31. The third-order valence-corrected chi connectivity index (χ3v) is 2.82. The first-order valence-electron chi connectivity index (χ1n) is 5.97. The molecule has 1 rings (SSSR count). The summed E-state index contributed by atoms with van der Waals surface area (Å²) < 4.78 is 15.6. The molecule has 1 fully saturated rings. The molecule has 1 aliphatic rings. The molecule has 104 valence electrons. The normalized spacial score (nSPS) is 18.9. The predicted molar refractivity (Wildman–Crippen MR) is 63.9 cm³/mol. The molecule has 0 spiro atoms. The van der Waals surface area contributed by atoms with Crippen LogP contribution in [0.2, 0.25) is 0 Å². The Bertz CT molecular complexity index is 304. The Morgan fingerprint density at radius 3 is 2.33 bits per heavy atom. The van der Waals surface area contributed by atoms with Crippen molar-refractivity contribution in [3.05, 3.63) is 0 Å². The van der Waals surface area contributed by atoms with Crippen molar-refractivity contribution in [3.63, 3.8) is 0 Å². The first kappa shape index (κ1) is 14.8. The van der Waals surface area contributed by atoms with Crippen molar-refractivity contribution in [2.45, 2.75) is 44.9 Å². The lowest BCUT2D eigenvalue weighted by atomic mass is 10.0. The van der Waals surface area contributed by atoms with Crippen LogP contribution in [0.25, 0.3) is 0 Å². The molecule has 1 amide bonds. The van der Waals surface area contributed by atoms with Crippen molar-refractivity contribution in [1.82, 2.24) is 4.90 Å². The van der Waals surface area contributed by atoms with E-state index in [1.54, 1.807) is 27.8 Å². The first-order chi connectivity index (χ1) is 8.31. The van der Waals surface area contributed by atoms with Crippen molar-refractivity contribution in [2.75, 3.05) is 20.3 Å². The molecule has 1 saturated heterocycles. The van der Waals surface area contributed by atoms with Crippen molar-refractivity contribution in [1.29, 1.82) is 0 Å². The van der Waals surface area contributed by atoms with Gasteiger partial charge in [-0.2, -0.15) is 0 Å². The van der Waals surface area contributed by atoms with Crippen LogP contribution in [-0.2, 0) is 19.0 Å². The molecule has 0 atom stereocenters. The minimum atomic E-state index is -0.956. The number of rotatable bonds is 3. The van der Waals surface area contributed by atoms with Crippen LogP contribution in [0.5, 0.6) is 0 Å². The Hall–Kier alpha value is -1.30. The molecule has 1 aliphatic heterocycles. The smallest absolute Gasteiger partial charge is 0.413 e. The zero-order valence-corrected chi connectivity index (χ0v) is 11.4. The van der Waals surface area contributed by atoms with Crippen LogP contribution in [0.3, 0.4) is 0 Å². The fourth-order valence-corrected chi connectivity index (χ4v) is 1.81. The van der Waals surface area contributed by atoms with Gasteiger partial charge in [-0.1, -0.05) is 0 Å². The standard InChI is InChI=1S/C12H21NO5/c1-11(2,3)18-10(15)13(4)12(17-9-14)5-7-16-8-6-12/h9H,5-8H2,1-4H3. The van der Waals surface area contributed by atoms with E-state index in [1.165, 1.54) is 4.90 Å². The summed E-state index contributed by atoms with van der Waals surface area (Å²) in [5.74, 6) is 0. The van der Waals surface area contributed by atoms with E-state index >= 15 is 0 Å². The van der Waals surface area contributed by atoms with Crippen molar-refractivity contribution < 1.29 is 23.8 Å². The fourth-order valence-electron chi connectivity index (χ4n) is 1.81. The SMILES string of the molecule is CN(C(=O)OC(C)(C)C)C1(OC=O)CCOCC1. The monoisotopic (exact) mass is 259 g/mol. The van der Waals surface area contributed by atoms with Crippen molar-refractivity contribution in [3.8, 4) is 0 Å². The van der Waals surface area contributed by atoms with Crippen LogP contribution in [-0.4, -0.2) is 49.1 Å². The molecule has 0 bridgehead atoms. The van der Waals surface area contributed by atoms with Gasteiger partial charge < -0.3 is 14.2 Å². The number of ether oxygens (including phenoxy) is 3. The number of nitrogens with zero attached hydrogens (tertiary/aromatic N) is 1. The van der Waals surface area contributed by atoms with Crippen LogP contribution < -0.4 is 0 Å². The minimum Gasteiger partial charge on any atom is -0.444 e. The van der Waals surface area contributed by atoms with Gasteiger partial charge in [0.1, 0.15) is 5.60 Å². The van der Waals surface area contributed by atoms with E-state index in [2.05, 4.69) is 0 Å². The molecule has 0 radical (unpaired) electrons. The van der Waals surface area contributed by atoms with E-state index in [0.717, 1.165) is 0 Å². The summed E-state index contributed by atoms with van der Waals surface area (Å²) >= 11 is 0. The quantitative estimate of drug-likeness (QED) is 0.568. The zero-order valence-electron chi connectivity index (χ0n) is 11.4. The lowest BCUT2D eigenvalue weighted by molar-refractivity contribution is -0.184. The second kappa shape index (κ2) is 5.56. The van der Waals surface area contributed by atoms with Crippen LogP contribution in [0.15, 0.2) is 0 Å². The average molecular weight is 259 g/mol. The molecule has 0 aromatic rings. The zero-order chi connectivity index (χ0) is 13.8. The summed E-state index contributed by atoms with van der Waals surface area (Å²) in [6, 6.07) is 0. The van der Waals surface area contributed by atoms with E-state index in [9.17, 15) is 9.59 Å². The molecule has 0 aromatic carbocycles. The topological polar surface area (TPSA) is 65.1 Å². The van der Waals surface area contributed by atoms with Gasteiger partial charge in [0.2, 0.25) is 0 Å². The van der Waals surface area contributed by atoms with E-state index in [-0.39, 0.29) is 0 Å². The Morgan fingerprint density at radius 1 is 1.33 bits per heavy atom. The third kappa shape index (κ3) is 3.60.